The molecular formula is C27H29FIN5O2. The molecule has 1 saturated carbocycles. The number of carbonyl (C=O) groups excluding carboxylic acids is 1. The first-order valence-electron chi connectivity index (χ1n) is 12.1. The molecule has 0 unspecified atom stereocenters. The molecule has 1 aromatic heterocycles. The van der Waals surface area contributed by atoms with Gasteiger partial charge in [-0.3, -0.25) is 9.69 Å². The highest BCUT2D eigenvalue weighted by Crippen LogP contribution is 2.45. The Labute approximate surface area is 223 Å². The van der Waals surface area contributed by atoms with Gasteiger partial charge in [0.05, 0.1) is 18.3 Å². The lowest BCUT2D eigenvalue weighted by Gasteiger charge is -2.48. The van der Waals surface area contributed by atoms with E-state index in [0.29, 0.717) is 43.6 Å². The number of carbonyl (C=O) groups is 1. The van der Waals surface area contributed by atoms with Crippen LogP contribution in [-0.2, 0) is 9.22 Å². The number of ether oxygens (including phenoxy) is 1. The Bertz CT molecular complexity index is 1300. The third kappa shape index (κ3) is 5.31. The molecule has 9 heteroatoms. The lowest BCUT2D eigenvalue weighted by molar-refractivity contribution is -0.111. The first-order chi connectivity index (χ1) is 17.5. The maximum atomic E-state index is 13.9. The summed E-state index contributed by atoms with van der Waals surface area (Å²) in [4.78, 5) is 23.8. The summed E-state index contributed by atoms with van der Waals surface area (Å²) >= 11 is 2.13. The van der Waals surface area contributed by atoms with Crippen LogP contribution in [0.1, 0.15) is 31.2 Å². The van der Waals surface area contributed by atoms with Crippen molar-refractivity contribution in [2.45, 2.75) is 30.1 Å². The van der Waals surface area contributed by atoms with Crippen LogP contribution < -0.4 is 15.4 Å². The number of nitrogens with one attached hydrogen (secondary N) is 2. The molecule has 3 aromatic rings. The topological polar surface area (TPSA) is 79.4 Å². The van der Waals surface area contributed by atoms with E-state index in [1.807, 2.05) is 6.08 Å². The summed E-state index contributed by atoms with van der Waals surface area (Å²) in [7, 11) is 1.56. The molecular weight excluding hydrogens is 572 g/mol. The minimum Gasteiger partial charge on any atom is -0.494 e. The molecule has 1 amide bonds. The van der Waals surface area contributed by atoms with Gasteiger partial charge in [-0.1, -0.05) is 41.5 Å². The van der Waals surface area contributed by atoms with Gasteiger partial charge in [0, 0.05) is 47.3 Å². The Hall–Kier alpha value is -2.79. The first-order valence-corrected chi connectivity index (χ1v) is 13.7. The van der Waals surface area contributed by atoms with Gasteiger partial charge in [0.1, 0.15) is 23.7 Å². The molecule has 1 aliphatic carbocycles. The second-order valence-corrected chi connectivity index (χ2v) is 10.4. The fraction of sp³-hybridized carbons (Fsp3) is 0.370. The van der Waals surface area contributed by atoms with Crippen LogP contribution in [0.25, 0.3) is 10.9 Å². The van der Waals surface area contributed by atoms with Gasteiger partial charge in [-0.2, -0.15) is 0 Å². The predicted molar refractivity (Wildman–Crippen MR) is 149 cm³/mol. The number of anilines is 3. The van der Waals surface area contributed by atoms with Crippen LogP contribution in [0, 0.1) is 11.2 Å². The Kier molecular flexibility index (Phi) is 7.38. The van der Waals surface area contributed by atoms with Gasteiger partial charge in [0.25, 0.3) is 0 Å². The highest BCUT2D eigenvalue weighted by atomic mass is 127. The van der Waals surface area contributed by atoms with E-state index in [1.54, 1.807) is 37.5 Å². The van der Waals surface area contributed by atoms with E-state index in [0.717, 1.165) is 25.3 Å². The van der Waals surface area contributed by atoms with E-state index in [1.165, 1.54) is 38.1 Å². The summed E-state index contributed by atoms with van der Waals surface area (Å²) in [6, 6.07) is 8.44. The van der Waals surface area contributed by atoms with E-state index in [4.69, 9.17) is 4.74 Å². The van der Waals surface area contributed by atoms with Gasteiger partial charge in [-0.05, 0) is 48.1 Å². The maximum absolute atomic E-state index is 13.9. The number of hydrogen-bond donors (Lipinski definition) is 2. The maximum Gasteiger partial charge on any atom is 0.248 e. The molecule has 0 bridgehead atoms. The van der Waals surface area contributed by atoms with Crippen LogP contribution in [0.4, 0.5) is 21.6 Å². The zero-order valence-corrected chi connectivity index (χ0v) is 22.3. The monoisotopic (exact) mass is 601 g/mol. The standard InChI is InChI=1S/C27H29FIN5O2/c1-36-24-13-22-20(26(31-17-30-22)32-19-6-7-21(28)18(11-19)14-29)12-23(24)33-25(35)5-4-10-34-15-27(16-34)8-2-3-9-27/h4-7,11-13,17H,2-3,8-10,14-16H2,1H3,(H,33,35)(H,30,31,32)/b5-4+. The van der Waals surface area contributed by atoms with Crippen molar-refractivity contribution in [3.8, 4) is 5.75 Å². The minimum absolute atomic E-state index is 0.222. The summed E-state index contributed by atoms with van der Waals surface area (Å²) in [5.74, 6) is 0.602. The molecule has 5 rings (SSSR count). The van der Waals surface area contributed by atoms with Crippen molar-refractivity contribution < 1.29 is 13.9 Å². The van der Waals surface area contributed by atoms with Crippen molar-refractivity contribution in [1.29, 1.82) is 0 Å². The van der Waals surface area contributed by atoms with Crippen molar-refractivity contribution >= 4 is 56.6 Å². The first kappa shape index (κ1) is 24.9. The van der Waals surface area contributed by atoms with Crippen LogP contribution in [0.15, 0.2) is 48.8 Å². The van der Waals surface area contributed by atoms with Crippen molar-refractivity contribution in [1.82, 2.24) is 14.9 Å². The van der Waals surface area contributed by atoms with Gasteiger partial charge in [0.2, 0.25) is 5.91 Å². The average molecular weight is 601 g/mol. The SMILES string of the molecule is COc1cc2ncnc(Nc3ccc(F)c(CI)c3)c2cc1NC(=O)/C=C/CN1CC2(CCCC2)C1. The number of nitrogens with zero attached hydrogens (tertiary/aromatic N) is 3. The number of rotatable bonds is 8. The Morgan fingerprint density at radius 1 is 1.22 bits per heavy atom. The summed E-state index contributed by atoms with van der Waals surface area (Å²) in [6.45, 7) is 3.06. The summed E-state index contributed by atoms with van der Waals surface area (Å²) in [6.07, 6.45) is 10.3. The second-order valence-electron chi connectivity index (χ2n) is 9.63. The van der Waals surface area contributed by atoms with Crippen LogP contribution in [0.3, 0.4) is 0 Å². The molecule has 36 heavy (non-hydrogen) atoms. The lowest BCUT2D eigenvalue weighted by Crippen LogP contribution is -2.54. The quantitative estimate of drug-likeness (QED) is 0.192. The zero-order chi connectivity index (χ0) is 25.1. The van der Waals surface area contributed by atoms with E-state index in [-0.39, 0.29) is 11.7 Å². The molecule has 0 radical (unpaired) electrons. The number of fused-ring (bicyclic) bond motifs is 1. The number of alkyl halides is 1. The van der Waals surface area contributed by atoms with Gasteiger partial charge in [0.15, 0.2) is 0 Å². The average Bonchev–Trinajstić information content (AvgIpc) is 3.35. The minimum atomic E-state index is -0.238. The van der Waals surface area contributed by atoms with Crippen molar-refractivity contribution in [2.75, 3.05) is 37.4 Å². The van der Waals surface area contributed by atoms with Crippen LogP contribution in [0.2, 0.25) is 0 Å². The normalized spacial score (nSPS) is 17.0. The number of likely N-dealkylation sites (tertiary alicyclic amines) is 1. The molecule has 1 aliphatic heterocycles. The fourth-order valence-electron chi connectivity index (χ4n) is 5.30. The van der Waals surface area contributed by atoms with Gasteiger partial charge >= 0.3 is 0 Å². The molecule has 7 nitrogen and oxygen atoms in total. The summed E-state index contributed by atoms with van der Waals surface area (Å²) in [5, 5.41) is 6.89. The van der Waals surface area contributed by atoms with Crippen molar-refractivity contribution in [3.63, 3.8) is 0 Å². The number of aromatic nitrogens is 2. The third-order valence-electron chi connectivity index (χ3n) is 7.08. The largest absolute Gasteiger partial charge is 0.494 e. The molecule has 1 saturated heterocycles. The van der Waals surface area contributed by atoms with E-state index in [2.05, 4.69) is 48.1 Å². The molecule has 1 spiro atoms. The van der Waals surface area contributed by atoms with Gasteiger partial charge in [-0.25, -0.2) is 14.4 Å². The molecule has 2 aliphatic rings. The van der Waals surface area contributed by atoms with E-state index in [9.17, 15) is 9.18 Å². The molecule has 2 N–H and O–H groups in total. The highest BCUT2D eigenvalue weighted by molar-refractivity contribution is 14.1. The highest BCUT2D eigenvalue weighted by Gasteiger charge is 2.43. The number of methoxy groups -OCH3 is 1. The smallest absolute Gasteiger partial charge is 0.248 e. The molecule has 188 valence electrons. The summed E-state index contributed by atoms with van der Waals surface area (Å²) in [5.41, 5.74) is 3.06. The van der Waals surface area contributed by atoms with Crippen LogP contribution in [0.5, 0.6) is 5.75 Å². The summed E-state index contributed by atoms with van der Waals surface area (Å²) < 4.78 is 20.0. The van der Waals surface area contributed by atoms with Crippen molar-refractivity contribution in [2.24, 2.45) is 5.41 Å². The Morgan fingerprint density at radius 3 is 2.78 bits per heavy atom. The van der Waals surface area contributed by atoms with Crippen molar-refractivity contribution in [3.05, 3.63) is 60.2 Å². The van der Waals surface area contributed by atoms with E-state index >= 15 is 0 Å². The molecule has 2 aromatic carbocycles. The molecule has 0 atom stereocenters. The molecule has 2 heterocycles. The zero-order valence-electron chi connectivity index (χ0n) is 20.2. The Morgan fingerprint density at radius 2 is 2.03 bits per heavy atom. The van der Waals surface area contributed by atoms with Crippen LogP contribution in [-0.4, -0.2) is 47.5 Å². The number of hydrogen-bond acceptors (Lipinski definition) is 6. The Balaban J connectivity index is 1.30. The predicted octanol–water partition coefficient (Wildman–Crippen LogP) is 5.83. The third-order valence-corrected chi connectivity index (χ3v) is 7.90. The number of halogens is 2. The fourth-order valence-corrected chi connectivity index (χ4v) is 5.88. The van der Waals surface area contributed by atoms with E-state index < -0.39 is 0 Å². The second kappa shape index (κ2) is 10.7. The number of benzene rings is 2. The lowest BCUT2D eigenvalue weighted by atomic mass is 9.78. The number of amides is 1. The van der Waals surface area contributed by atoms with Gasteiger partial charge in [-0.15, -0.1) is 0 Å². The van der Waals surface area contributed by atoms with Crippen LogP contribution >= 0.6 is 22.6 Å². The molecule has 2 fully saturated rings. The van der Waals surface area contributed by atoms with Gasteiger partial charge < -0.3 is 15.4 Å².